The van der Waals surface area contributed by atoms with Gasteiger partial charge >= 0.3 is 0 Å². The molecule has 0 unspecified atom stereocenters. The molecule has 2 fully saturated rings. The summed E-state index contributed by atoms with van der Waals surface area (Å²) in [6.45, 7) is 1.83. The zero-order valence-electron chi connectivity index (χ0n) is 24.8. The molecule has 0 spiro atoms. The van der Waals surface area contributed by atoms with E-state index in [1.165, 1.54) is 30.0 Å². The second-order valence-electron chi connectivity index (χ2n) is 11.6. The minimum Gasteiger partial charge on any atom is -0.494 e. The molecule has 1 aliphatic heterocycles. The van der Waals surface area contributed by atoms with Crippen LogP contribution in [0.5, 0.6) is 5.75 Å². The molecule has 3 aromatic rings. The lowest BCUT2D eigenvalue weighted by Gasteiger charge is -2.26. The number of nitrogens with zero attached hydrogens (tertiary/aromatic N) is 5. The second-order valence-corrected chi connectivity index (χ2v) is 11.6. The summed E-state index contributed by atoms with van der Waals surface area (Å²) < 4.78 is 27.6. The third kappa shape index (κ3) is 6.99. The fourth-order valence-corrected chi connectivity index (χ4v) is 4.66. The molecule has 222 valence electrons. The predicted molar refractivity (Wildman–Crippen MR) is 164 cm³/mol. The minimum absolute atomic E-state index is 0.0663. The van der Waals surface area contributed by atoms with Gasteiger partial charge in [-0.25, -0.2) is 4.39 Å². The van der Waals surface area contributed by atoms with Gasteiger partial charge in [-0.15, -0.1) is 10.2 Å². The molecular formula is C26H32B3FN8O5. The van der Waals surface area contributed by atoms with Crippen LogP contribution in [0.3, 0.4) is 0 Å². The summed E-state index contributed by atoms with van der Waals surface area (Å²) in [6.07, 6.45) is 1.60. The maximum absolute atomic E-state index is 15.1. The van der Waals surface area contributed by atoms with Gasteiger partial charge in [0.25, 0.3) is 11.8 Å². The molecule has 43 heavy (non-hydrogen) atoms. The summed E-state index contributed by atoms with van der Waals surface area (Å²) >= 11 is 0. The highest BCUT2D eigenvalue weighted by Gasteiger charge is 2.31. The zero-order valence-corrected chi connectivity index (χ0v) is 24.8. The summed E-state index contributed by atoms with van der Waals surface area (Å²) in [5.41, 5.74) is 1.20. The highest BCUT2D eigenvalue weighted by atomic mass is 19.1. The minimum atomic E-state index is -0.616. The average Bonchev–Trinajstić information content (AvgIpc) is 3.74. The number of benzene rings is 1. The molecule has 13 nitrogen and oxygen atoms in total. The standard InChI is InChI=1S/C26H32B3FN8O5/c1-37-19(25(41)38-5-7-43-8-6-38)11-16(36-37)15-9-14(30)10-18(22(15)42-2)31-17-12-20(32-23(39)13-3-4-13)34-35-21(17)24(40)33-26(27,28)29/h9-13H,3-8,27-29H2,1-2H3,(H,33,40)(H2,31,32,34,39). The van der Waals surface area contributed by atoms with E-state index in [0.717, 1.165) is 12.8 Å². The van der Waals surface area contributed by atoms with Crippen molar-refractivity contribution in [3.05, 3.63) is 41.5 Å². The quantitative estimate of drug-likeness (QED) is 0.263. The van der Waals surface area contributed by atoms with Crippen LogP contribution < -0.4 is 20.7 Å². The molecule has 2 aliphatic rings. The zero-order chi connectivity index (χ0) is 30.9. The Bertz CT molecular complexity index is 1570. The molecule has 5 rings (SSSR count). The number of halogens is 1. The van der Waals surface area contributed by atoms with Crippen molar-refractivity contribution in [2.24, 2.45) is 13.0 Å². The van der Waals surface area contributed by atoms with Crippen molar-refractivity contribution in [1.82, 2.24) is 30.2 Å². The van der Waals surface area contributed by atoms with Crippen LogP contribution in [0.2, 0.25) is 0 Å². The van der Waals surface area contributed by atoms with Crippen molar-refractivity contribution in [1.29, 1.82) is 0 Å². The summed E-state index contributed by atoms with van der Waals surface area (Å²) in [7, 11) is 8.53. The van der Waals surface area contributed by atoms with Crippen molar-refractivity contribution in [3.8, 4) is 17.0 Å². The number of ether oxygens (including phenoxy) is 2. The molecule has 0 bridgehead atoms. The van der Waals surface area contributed by atoms with E-state index in [2.05, 4.69) is 31.2 Å². The third-order valence-corrected chi connectivity index (χ3v) is 6.90. The number of methoxy groups -OCH3 is 1. The van der Waals surface area contributed by atoms with E-state index in [-0.39, 0.29) is 51.9 Å². The van der Waals surface area contributed by atoms with Gasteiger partial charge in [0.05, 0.1) is 37.4 Å². The number of hydrogen-bond acceptors (Lipinski definition) is 9. The number of anilines is 3. The number of aryl methyl sites for hydroxylation is 1. The van der Waals surface area contributed by atoms with E-state index >= 15 is 4.39 Å². The van der Waals surface area contributed by atoms with Gasteiger partial charge in [0.15, 0.2) is 17.3 Å². The summed E-state index contributed by atoms with van der Waals surface area (Å²) in [6, 6.07) is 5.52. The first-order chi connectivity index (χ1) is 20.4. The number of rotatable bonds is 9. The molecule has 3 amide bonds. The Morgan fingerprint density at radius 2 is 1.79 bits per heavy atom. The van der Waals surface area contributed by atoms with Gasteiger partial charge in [0, 0.05) is 43.8 Å². The number of carbonyl (C=O) groups is 3. The Morgan fingerprint density at radius 3 is 2.44 bits per heavy atom. The van der Waals surface area contributed by atoms with Crippen LogP contribution in [0, 0.1) is 11.7 Å². The van der Waals surface area contributed by atoms with Crippen LogP contribution >= 0.6 is 0 Å². The first-order valence-corrected chi connectivity index (χ1v) is 14.0. The number of amides is 3. The normalized spacial score (nSPS) is 15.1. The van der Waals surface area contributed by atoms with Gasteiger partial charge in [-0.1, -0.05) is 0 Å². The highest BCUT2D eigenvalue weighted by Crippen LogP contribution is 2.39. The van der Waals surface area contributed by atoms with Crippen molar-refractivity contribution in [2.45, 2.75) is 18.1 Å². The molecule has 3 heterocycles. The van der Waals surface area contributed by atoms with Crippen LogP contribution in [0.1, 0.15) is 33.8 Å². The molecule has 0 atom stereocenters. The maximum atomic E-state index is 15.1. The molecule has 17 heteroatoms. The van der Waals surface area contributed by atoms with E-state index in [1.807, 2.05) is 23.5 Å². The third-order valence-electron chi connectivity index (χ3n) is 6.90. The monoisotopic (exact) mass is 588 g/mol. The van der Waals surface area contributed by atoms with Crippen molar-refractivity contribution < 1.29 is 28.2 Å². The van der Waals surface area contributed by atoms with Gasteiger partial charge in [-0.3, -0.25) is 19.1 Å². The van der Waals surface area contributed by atoms with Crippen LogP contribution in [0.15, 0.2) is 24.3 Å². The topological polar surface area (TPSA) is 153 Å². The van der Waals surface area contributed by atoms with Crippen LogP contribution in [-0.2, 0) is 16.6 Å². The largest absolute Gasteiger partial charge is 0.494 e. The average molecular weight is 588 g/mol. The van der Waals surface area contributed by atoms with E-state index < -0.39 is 17.0 Å². The first kappa shape index (κ1) is 30.1. The Kier molecular flexibility index (Phi) is 8.44. The van der Waals surface area contributed by atoms with E-state index in [0.29, 0.717) is 37.7 Å². The number of hydrogen-bond donors (Lipinski definition) is 3. The van der Waals surface area contributed by atoms with Crippen molar-refractivity contribution in [2.75, 3.05) is 44.0 Å². The SMILES string of the molecule is BC(B)(B)NC(=O)c1nnc(NC(=O)C2CC2)cc1Nc1cc(F)cc(-c2cc(C(=O)N3CCOCC3)n(C)n2)c1OC. The molecule has 1 aromatic carbocycles. The molecule has 1 aliphatic carbocycles. The molecule has 1 saturated heterocycles. The number of aromatic nitrogens is 4. The van der Waals surface area contributed by atoms with E-state index in [9.17, 15) is 14.4 Å². The lowest BCUT2D eigenvalue weighted by Crippen LogP contribution is -2.50. The fraction of sp³-hybridized carbons (Fsp3) is 0.385. The van der Waals surface area contributed by atoms with Crippen molar-refractivity contribution in [3.63, 3.8) is 0 Å². The van der Waals surface area contributed by atoms with Gasteiger partial charge in [-0.2, -0.15) is 5.10 Å². The van der Waals surface area contributed by atoms with Gasteiger partial charge in [-0.05, 0) is 30.2 Å². The molecule has 0 radical (unpaired) electrons. The Morgan fingerprint density at radius 1 is 1.07 bits per heavy atom. The summed E-state index contributed by atoms with van der Waals surface area (Å²) in [5, 5.41) is 20.6. The number of nitrogens with one attached hydrogen (secondary N) is 3. The van der Waals surface area contributed by atoms with Gasteiger partial charge in [0.2, 0.25) is 5.91 Å². The second kappa shape index (κ2) is 12.1. The Labute approximate surface area is 250 Å². The van der Waals surface area contributed by atoms with Crippen molar-refractivity contribution >= 4 is 58.5 Å². The lowest BCUT2D eigenvalue weighted by atomic mass is 9.49. The number of carbonyl (C=O) groups excluding carboxylic acids is 3. The lowest BCUT2D eigenvalue weighted by molar-refractivity contribution is -0.117. The number of morpholine rings is 1. The van der Waals surface area contributed by atoms with Gasteiger partial charge in [0.1, 0.15) is 35.0 Å². The molecule has 1 saturated carbocycles. The predicted octanol–water partition coefficient (Wildman–Crippen LogP) is -1.17. The fourth-order valence-electron chi connectivity index (χ4n) is 4.66. The van der Waals surface area contributed by atoms with Crippen LogP contribution in [-0.4, -0.2) is 105 Å². The van der Waals surface area contributed by atoms with E-state index in [1.54, 1.807) is 18.0 Å². The first-order valence-electron chi connectivity index (χ1n) is 14.0. The molecule has 3 N–H and O–H groups in total. The smallest absolute Gasteiger partial charge is 0.272 e. The molecule has 2 aromatic heterocycles. The Balaban J connectivity index is 1.52. The summed E-state index contributed by atoms with van der Waals surface area (Å²) in [4.78, 5) is 40.4. The van der Waals surface area contributed by atoms with Crippen LogP contribution in [0.25, 0.3) is 11.3 Å². The van der Waals surface area contributed by atoms with Gasteiger partial charge < -0.3 is 30.3 Å². The van der Waals surface area contributed by atoms with Crippen LogP contribution in [0.4, 0.5) is 21.6 Å². The summed E-state index contributed by atoms with van der Waals surface area (Å²) in [5.74, 6) is -1.26. The van der Waals surface area contributed by atoms with E-state index in [4.69, 9.17) is 9.47 Å². The maximum Gasteiger partial charge on any atom is 0.272 e. The highest BCUT2D eigenvalue weighted by molar-refractivity contribution is 6.60. The molecular weight excluding hydrogens is 556 g/mol. The Hall–Kier alpha value is -4.40.